The molecule has 84 valence electrons. The highest BCUT2D eigenvalue weighted by molar-refractivity contribution is 5.76. The standard InChI is InChI=1S/C8H19N3O3/c1-5(12)4-7(13)11-6(2-3-9)8(10)14/h5-6,8,12,14H,2-4,9-10H2,1H3,(H,11,13). The lowest BCUT2D eigenvalue weighted by atomic mass is 10.1. The van der Waals surface area contributed by atoms with Crippen molar-refractivity contribution in [3.63, 3.8) is 0 Å². The molecule has 6 nitrogen and oxygen atoms in total. The fourth-order valence-corrected chi connectivity index (χ4v) is 1.04. The molecule has 0 rings (SSSR count). The molecule has 3 unspecified atom stereocenters. The molecule has 0 bridgehead atoms. The maximum absolute atomic E-state index is 11.2. The van der Waals surface area contributed by atoms with Crippen molar-refractivity contribution in [3.8, 4) is 0 Å². The minimum atomic E-state index is -1.13. The lowest BCUT2D eigenvalue weighted by Crippen LogP contribution is -2.49. The molecule has 0 heterocycles. The Morgan fingerprint density at radius 2 is 2.07 bits per heavy atom. The van der Waals surface area contributed by atoms with E-state index in [0.717, 1.165) is 0 Å². The fraction of sp³-hybridized carbons (Fsp3) is 0.875. The monoisotopic (exact) mass is 205 g/mol. The van der Waals surface area contributed by atoms with Gasteiger partial charge in [-0.25, -0.2) is 0 Å². The molecule has 0 aliphatic heterocycles. The van der Waals surface area contributed by atoms with E-state index in [1.165, 1.54) is 6.92 Å². The molecule has 0 aromatic heterocycles. The van der Waals surface area contributed by atoms with Gasteiger partial charge in [-0.15, -0.1) is 0 Å². The Labute approximate surface area is 83.3 Å². The quantitative estimate of drug-likeness (QED) is 0.317. The second-order valence-corrected chi connectivity index (χ2v) is 3.30. The van der Waals surface area contributed by atoms with Gasteiger partial charge in [0.05, 0.1) is 18.6 Å². The molecule has 0 aromatic rings. The Bertz CT molecular complexity index is 173. The third-order valence-electron chi connectivity index (χ3n) is 1.72. The molecule has 0 saturated heterocycles. The third-order valence-corrected chi connectivity index (χ3v) is 1.72. The van der Waals surface area contributed by atoms with Crippen LogP contribution in [0.1, 0.15) is 19.8 Å². The maximum Gasteiger partial charge on any atom is 0.222 e. The van der Waals surface area contributed by atoms with Crippen LogP contribution in [0, 0.1) is 0 Å². The van der Waals surface area contributed by atoms with E-state index in [1.54, 1.807) is 0 Å². The molecule has 3 atom stereocenters. The first-order chi connectivity index (χ1) is 6.47. The van der Waals surface area contributed by atoms with Gasteiger partial charge in [-0.05, 0) is 19.9 Å². The number of aliphatic hydroxyl groups is 2. The number of hydrogen-bond donors (Lipinski definition) is 5. The molecule has 0 fully saturated rings. The van der Waals surface area contributed by atoms with E-state index in [0.29, 0.717) is 13.0 Å². The van der Waals surface area contributed by atoms with Crippen LogP contribution in [0.5, 0.6) is 0 Å². The summed E-state index contributed by atoms with van der Waals surface area (Å²) < 4.78 is 0. The summed E-state index contributed by atoms with van der Waals surface area (Å²) in [5.41, 5.74) is 10.5. The molecule has 0 radical (unpaired) electrons. The second kappa shape index (κ2) is 6.72. The second-order valence-electron chi connectivity index (χ2n) is 3.30. The van der Waals surface area contributed by atoms with Gasteiger partial charge >= 0.3 is 0 Å². The van der Waals surface area contributed by atoms with E-state index in [9.17, 15) is 4.79 Å². The van der Waals surface area contributed by atoms with Crippen molar-refractivity contribution in [2.45, 2.75) is 38.1 Å². The molecule has 1 amide bonds. The minimum Gasteiger partial charge on any atom is -0.393 e. The van der Waals surface area contributed by atoms with Crippen LogP contribution in [0.4, 0.5) is 0 Å². The number of hydrogen-bond acceptors (Lipinski definition) is 5. The summed E-state index contributed by atoms with van der Waals surface area (Å²) >= 11 is 0. The van der Waals surface area contributed by atoms with Gasteiger partial charge in [-0.2, -0.15) is 0 Å². The van der Waals surface area contributed by atoms with Crippen LogP contribution in [-0.4, -0.2) is 41.0 Å². The largest absolute Gasteiger partial charge is 0.393 e. The van der Waals surface area contributed by atoms with E-state index in [4.69, 9.17) is 21.7 Å². The lowest BCUT2D eigenvalue weighted by molar-refractivity contribution is -0.124. The molecule has 14 heavy (non-hydrogen) atoms. The zero-order valence-electron chi connectivity index (χ0n) is 8.31. The number of amides is 1. The van der Waals surface area contributed by atoms with Crippen LogP contribution in [0.2, 0.25) is 0 Å². The van der Waals surface area contributed by atoms with E-state index in [1.807, 2.05) is 0 Å². The SMILES string of the molecule is CC(O)CC(=O)NC(CCN)C(N)O. The lowest BCUT2D eigenvalue weighted by Gasteiger charge is -2.20. The van der Waals surface area contributed by atoms with E-state index < -0.39 is 18.4 Å². The van der Waals surface area contributed by atoms with Crippen molar-refractivity contribution >= 4 is 5.91 Å². The minimum absolute atomic E-state index is 0.00616. The third kappa shape index (κ3) is 5.87. The molecule has 6 heteroatoms. The van der Waals surface area contributed by atoms with E-state index in [2.05, 4.69) is 5.32 Å². The van der Waals surface area contributed by atoms with Gasteiger partial charge in [0.1, 0.15) is 6.23 Å². The maximum atomic E-state index is 11.2. The highest BCUT2D eigenvalue weighted by Crippen LogP contribution is 1.96. The van der Waals surface area contributed by atoms with Crippen molar-refractivity contribution < 1.29 is 15.0 Å². The Morgan fingerprint density at radius 3 is 2.43 bits per heavy atom. The number of rotatable bonds is 6. The number of aliphatic hydroxyl groups excluding tert-OH is 2. The summed E-state index contributed by atoms with van der Waals surface area (Å²) in [4.78, 5) is 11.2. The number of carbonyl (C=O) groups excluding carboxylic acids is 1. The molecule has 0 aromatic carbocycles. The van der Waals surface area contributed by atoms with Crippen LogP contribution in [0.15, 0.2) is 0 Å². The molecular weight excluding hydrogens is 186 g/mol. The smallest absolute Gasteiger partial charge is 0.222 e. The average molecular weight is 205 g/mol. The van der Waals surface area contributed by atoms with Crippen molar-refractivity contribution in [2.75, 3.05) is 6.54 Å². The van der Waals surface area contributed by atoms with Gasteiger partial charge in [0.25, 0.3) is 0 Å². The van der Waals surface area contributed by atoms with Crippen LogP contribution < -0.4 is 16.8 Å². The van der Waals surface area contributed by atoms with Crippen LogP contribution in [-0.2, 0) is 4.79 Å². The van der Waals surface area contributed by atoms with Gasteiger partial charge in [-0.3, -0.25) is 4.79 Å². The van der Waals surface area contributed by atoms with Crippen LogP contribution in [0.25, 0.3) is 0 Å². The van der Waals surface area contributed by atoms with Gasteiger partial charge in [0, 0.05) is 0 Å². The van der Waals surface area contributed by atoms with Crippen molar-refractivity contribution in [2.24, 2.45) is 11.5 Å². The Balaban J connectivity index is 3.96. The van der Waals surface area contributed by atoms with Crippen molar-refractivity contribution in [1.82, 2.24) is 5.32 Å². The average Bonchev–Trinajstić information content (AvgIpc) is 2.01. The first-order valence-corrected chi connectivity index (χ1v) is 4.58. The zero-order valence-corrected chi connectivity index (χ0v) is 8.31. The van der Waals surface area contributed by atoms with Crippen molar-refractivity contribution in [3.05, 3.63) is 0 Å². The first kappa shape index (κ1) is 13.3. The predicted octanol–water partition coefficient (Wildman–Crippen LogP) is -2.13. The number of nitrogens with one attached hydrogen (secondary N) is 1. The molecule has 0 aliphatic carbocycles. The van der Waals surface area contributed by atoms with Crippen LogP contribution in [0.3, 0.4) is 0 Å². The Hall–Kier alpha value is -0.690. The van der Waals surface area contributed by atoms with E-state index >= 15 is 0 Å². The summed E-state index contributed by atoms with van der Waals surface area (Å²) in [6, 6.07) is -0.550. The highest BCUT2D eigenvalue weighted by atomic mass is 16.3. The molecule has 0 saturated carbocycles. The van der Waals surface area contributed by atoms with Crippen molar-refractivity contribution in [1.29, 1.82) is 0 Å². The van der Waals surface area contributed by atoms with Gasteiger partial charge in [-0.1, -0.05) is 0 Å². The Kier molecular flexibility index (Phi) is 6.39. The van der Waals surface area contributed by atoms with Gasteiger partial charge in [0.2, 0.25) is 5.91 Å². The summed E-state index contributed by atoms with van der Waals surface area (Å²) in [7, 11) is 0. The predicted molar refractivity (Wildman–Crippen MR) is 52.1 cm³/mol. The molecular formula is C8H19N3O3. The summed E-state index contributed by atoms with van der Waals surface area (Å²) in [6.07, 6.45) is -1.43. The first-order valence-electron chi connectivity index (χ1n) is 4.58. The molecule has 0 aliphatic rings. The number of carbonyl (C=O) groups is 1. The zero-order chi connectivity index (χ0) is 11.1. The van der Waals surface area contributed by atoms with Gasteiger partial charge < -0.3 is 27.0 Å². The number of nitrogens with two attached hydrogens (primary N) is 2. The highest BCUT2D eigenvalue weighted by Gasteiger charge is 2.17. The van der Waals surface area contributed by atoms with Crippen LogP contribution >= 0.6 is 0 Å². The fourth-order valence-electron chi connectivity index (χ4n) is 1.04. The topological polar surface area (TPSA) is 122 Å². The Morgan fingerprint density at radius 1 is 1.50 bits per heavy atom. The summed E-state index contributed by atoms with van der Waals surface area (Å²) in [6.45, 7) is 1.84. The summed E-state index contributed by atoms with van der Waals surface area (Å²) in [5.74, 6) is -0.344. The molecule has 7 N–H and O–H groups in total. The van der Waals surface area contributed by atoms with Gasteiger partial charge in [0.15, 0.2) is 0 Å². The summed E-state index contributed by atoms with van der Waals surface area (Å²) in [5, 5.41) is 20.5. The molecule has 0 spiro atoms. The van der Waals surface area contributed by atoms with E-state index in [-0.39, 0.29) is 12.3 Å². The normalized spacial score (nSPS) is 17.2.